The fourth-order valence-corrected chi connectivity index (χ4v) is 1.03. The Hall–Kier alpha value is -0.370. The van der Waals surface area contributed by atoms with Gasteiger partial charge in [0.2, 0.25) is 0 Å². The van der Waals surface area contributed by atoms with E-state index in [-0.39, 0.29) is 5.78 Å². The third kappa shape index (κ3) is 4.50. The number of Topliss-reactive ketones (excluding diaryl/α,β-unsaturated/α-hetero) is 1. The molecule has 68 valence electrons. The molecule has 2 heteroatoms. The minimum Gasteiger partial charge on any atom is -0.294 e. The first-order valence-electron chi connectivity index (χ1n) is 4.05. The highest BCUT2D eigenvalue weighted by molar-refractivity contribution is 9.09. The van der Waals surface area contributed by atoms with Crippen molar-refractivity contribution in [2.24, 2.45) is 0 Å². The summed E-state index contributed by atoms with van der Waals surface area (Å²) in [5.41, 5.74) is 2.09. The Labute approximate surface area is 82.7 Å². The van der Waals surface area contributed by atoms with Crippen molar-refractivity contribution in [3.05, 3.63) is 23.3 Å². The van der Waals surface area contributed by atoms with E-state index in [0.717, 1.165) is 12.0 Å². The summed E-state index contributed by atoms with van der Waals surface area (Å²) in [5, 5.41) is 0.411. The maximum Gasteiger partial charge on any atom is 0.169 e. The van der Waals surface area contributed by atoms with Gasteiger partial charge < -0.3 is 0 Å². The lowest BCUT2D eigenvalue weighted by Gasteiger charge is -1.94. The van der Waals surface area contributed by atoms with Crippen molar-refractivity contribution in [1.29, 1.82) is 0 Å². The first-order chi connectivity index (χ1) is 5.61. The molecule has 0 saturated heterocycles. The third-order valence-corrected chi connectivity index (χ3v) is 2.25. The van der Waals surface area contributed by atoms with Crippen molar-refractivity contribution in [3.8, 4) is 0 Å². The second kappa shape index (κ2) is 6.18. The molecule has 0 radical (unpaired) electrons. The topological polar surface area (TPSA) is 17.1 Å². The molecule has 0 N–H and O–H groups in total. The van der Waals surface area contributed by atoms with E-state index in [1.54, 1.807) is 0 Å². The van der Waals surface area contributed by atoms with Crippen molar-refractivity contribution < 1.29 is 4.79 Å². The Kier molecular flexibility index (Phi) is 5.99. The van der Waals surface area contributed by atoms with Crippen LogP contribution >= 0.6 is 15.9 Å². The van der Waals surface area contributed by atoms with Crippen LogP contribution in [0.4, 0.5) is 0 Å². The number of alkyl halides is 1. The Morgan fingerprint density at radius 3 is 2.33 bits per heavy atom. The molecule has 0 atom stereocenters. The van der Waals surface area contributed by atoms with Crippen LogP contribution < -0.4 is 0 Å². The summed E-state index contributed by atoms with van der Waals surface area (Å²) < 4.78 is 0. The second-order valence-electron chi connectivity index (χ2n) is 2.77. The van der Waals surface area contributed by atoms with Gasteiger partial charge in [0.25, 0.3) is 0 Å². The molecule has 0 aromatic carbocycles. The molecule has 0 amide bonds. The van der Waals surface area contributed by atoms with Gasteiger partial charge in [-0.2, -0.15) is 0 Å². The maximum absolute atomic E-state index is 11.1. The Balaban J connectivity index is 4.27. The number of carbonyl (C=O) groups is 1. The lowest BCUT2D eigenvalue weighted by Crippen LogP contribution is -1.99. The SMILES string of the molecule is CCC(C)=CC=C(C)C(=O)CBr. The van der Waals surface area contributed by atoms with Gasteiger partial charge in [-0.25, -0.2) is 0 Å². The predicted octanol–water partition coefficient (Wildman–Crippen LogP) is 3.25. The van der Waals surface area contributed by atoms with Gasteiger partial charge in [0.1, 0.15) is 0 Å². The number of carbonyl (C=O) groups excluding carboxylic acids is 1. The molecule has 0 spiro atoms. The number of ketones is 1. The summed E-state index contributed by atoms with van der Waals surface area (Å²) in [5.74, 6) is 0.148. The molecule has 0 aliphatic rings. The normalized spacial score (nSPS) is 13.3. The fourth-order valence-electron chi connectivity index (χ4n) is 0.583. The number of hydrogen-bond donors (Lipinski definition) is 0. The van der Waals surface area contributed by atoms with Gasteiger partial charge in [-0.05, 0) is 25.8 Å². The average molecular weight is 231 g/mol. The van der Waals surface area contributed by atoms with Gasteiger partial charge in [0.15, 0.2) is 5.78 Å². The van der Waals surface area contributed by atoms with Crippen LogP contribution in [0.3, 0.4) is 0 Å². The van der Waals surface area contributed by atoms with E-state index < -0.39 is 0 Å². The molecular formula is C10H15BrO. The van der Waals surface area contributed by atoms with E-state index >= 15 is 0 Å². The Bertz CT molecular complexity index is 214. The van der Waals surface area contributed by atoms with Crippen LogP contribution in [0.1, 0.15) is 27.2 Å². The number of rotatable bonds is 4. The van der Waals surface area contributed by atoms with Crippen LogP contribution in [0.5, 0.6) is 0 Å². The molecule has 12 heavy (non-hydrogen) atoms. The number of hydrogen-bond acceptors (Lipinski definition) is 1. The molecule has 0 fully saturated rings. The minimum atomic E-state index is 0.148. The molecular weight excluding hydrogens is 216 g/mol. The maximum atomic E-state index is 11.1. The van der Waals surface area contributed by atoms with Gasteiger partial charge >= 0.3 is 0 Å². The summed E-state index contributed by atoms with van der Waals surface area (Å²) in [7, 11) is 0. The second-order valence-corrected chi connectivity index (χ2v) is 3.33. The van der Waals surface area contributed by atoms with Gasteiger partial charge in [0.05, 0.1) is 5.33 Å². The first kappa shape index (κ1) is 11.6. The van der Waals surface area contributed by atoms with Gasteiger partial charge in [0, 0.05) is 0 Å². The standard InChI is InChI=1S/C10H15BrO/c1-4-8(2)5-6-9(3)10(12)7-11/h5-6H,4,7H2,1-3H3. The molecule has 0 heterocycles. The van der Waals surface area contributed by atoms with E-state index in [1.807, 2.05) is 19.1 Å². The molecule has 0 aliphatic carbocycles. The quantitative estimate of drug-likeness (QED) is 0.412. The zero-order valence-electron chi connectivity index (χ0n) is 7.86. The van der Waals surface area contributed by atoms with Crippen LogP contribution in [-0.2, 0) is 4.79 Å². The summed E-state index contributed by atoms with van der Waals surface area (Å²) in [6.45, 7) is 5.99. The highest BCUT2D eigenvalue weighted by atomic mass is 79.9. The number of allylic oxidation sites excluding steroid dienone is 4. The summed E-state index contributed by atoms with van der Waals surface area (Å²) >= 11 is 3.13. The van der Waals surface area contributed by atoms with Crippen LogP contribution in [0, 0.1) is 0 Å². The zero-order chi connectivity index (χ0) is 9.56. The van der Waals surface area contributed by atoms with Crippen LogP contribution in [-0.4, -0.2) is 11.1 Å². The first-order valence-corrected chi connectivity index (χ1v) is 5.17. The Morgan fingerprint density at radius 1 is 1.33 bits per heavy atom. The van der Waals surface area contributed by atoms with Crippen LogP contribution in [0.15, 0.2) is 23.3 Å². The largest absolute Gasteiger partial charge is 0.294 e. The van der Waals surface area contributed by atoms with Gasteiger partial charge in [-0.1, -0.05) is 40.6 Å². The van der Waals surface area contributed by atoms with Crippen LogP contribution in [0.25, 0.3) is 0 Å². The highest BCUT2D eigenvalue weighted by Crippen LogP contribution is 2.02. The van der Waals surface area contributed by atoms with Crippen molar-refractivity contribution in [2.75, 3.05) is 5.33 Å². The summed E-state index contributed by atoms with van der Waals surface area (Å²) in [6.07, 6.45) is 4.91. The van der Waals surface area contributed by atoms with E-state index in [1.165, 1.54) is 5.57 Å². The molecule has 0 aliphatic heterocycles. The molecule has 0 saturated carbocycles. The lowest BCUT2D eigenvalue weighted by atomic mass is 10.1. The summed E-state index contributed by atoms with van der Waals surface area (Å²) in [6, 6.07) is 0. The molecule has 0 aromatic rings. The van der Waals surface area contributed by atoms with E-state index in [9.17, 15) is 4.79 Å². The zero-order valence-corrected chi connectivity index (χ0v) is 9.44. The smallest absolute Gasteiger partial charge is 0.169 e. The van der Waals surface area contributed by atoms with Gasteiger partial charge in [-0.15, -0.1) is 0 Å². The van der Waals surface area contributed by atoms with E-state index in [0.29, 0.717) is 5.33 Å². The lowest BCUT2D eigenvalue weighted by molar-refractivity contribution is -0.113. The molecule has 0 bridgehead atoms. The van der Waals surface area contributed by atoms with Gasteiger partial charge in [-0.3, -0.25) is 4.79 Å². The van der Waals surface area contributed by atoms with Crippen molar-refractivity contribution in [2.45, 2.75) is 27.2 Å². The highest BCUT2D eigenvalue weighted by Gasteiger charge is 1.98. The molecule has 1 nitrogen and oxygen atoms in total. The fraction of sp³-hybridized carbons (Fsp3) is 0.500. The Morgan fingerprint density at radius 2 is 1.92 bits per heavy atom. The molecule has 0 aromatic heterocycles. The third-order valence-electron chi connectivity index (χ3n) is 1.74. The summed E-state index contributed by atoms with van der Waals surface area (Å²) in [4.78, 5) is 11.1. The monoisotopic (exact) mass is 230 g/mol. The van der Waals surface area contributed by atoms with Crippen molar-refractivity contribution in [3.63, 3.8) is 0 Å². The average Bonchev–Trinajstić information content (AvgIpc) is 2.11. The van der Waals surface area contributed by atoms with Crippen molar-refractivity contribution in [1.82, 2.24) is 0 Å². The van der Waals surface area contributed by atoms with Crippen LogP contribution in [0.2, 0.25) is 0 Å². The van der Waals surface area contributed by atoms with E-state index in [4.69, 9.17) is 0 Å². The number of halogens is 1. The molecule has 0 rings (SSSR count). The minimum absolute atomic E-state index is 0.148. The molecule has 0 unspecified atom stereocenters. The predicted molar refractivity (Wildman–Crippen MR) is 56.6 cm³/mol. The van der Waals surface area contributed by atoms with Crippen molar-refractivity contribution >= 4 is 21.7 Å². The van der Waals surface area contributed by atoms with E-state index in [2.05, 4.69) is 29.8 Å².